The van der Waals surface area contributed by atoms with Gasteiger partial charge in [-0.1, -0.05) is 6.07 Å². The lowest BCUT2D eigenvalue weighted by Crippen LogP contribution is -2.48. The highest BCUT2D eigenvalue weighted by Gasteiger charge is 2.35. The Bertz CT molecular complexity index is 866. The molecule has 1 aromatic heterocycles. The number of aromatic nitrogens is 1. The van der Waals surface area contributed by atoms with Gasteiger partial charge in [-0.2, -0.15) is 0 Å². The Morgan fingerprint density at radius 2 is 1.44 bits per heavy atom. The molecule has 0 spiro atoms. The summed E-state index contributed by atoms with van der Waals surface area (Å²) in [6, 6.07) is 2.46. The second-order valence-corrected chi connectivity index (χ2v) is 11.9. The van der Waals surface area contributed by atoms with Gasteiger partial charge in [0.2, 0.25) is 0 Å². The summed E-state index contributed by atoms with van der Waals surface area (Å²) < 4.78 is 28.9. The molecule has 0 aliphatic rings. The van der Waals surface area contributed by atoms with E-state index in [2.05, 4.69) is 10.3 Å². The average molecular weight is 511 g/mol. The molecule has 2 atom stereocenters. The van der Waals surface area contributed by atoms with Crippen molar-refractivity contribution in [3.8, 4) is 0 Å². The number of nitrogens with zero attached hydrogens (tertiary/aromatic N) is 1. The Morgan fingerprint density at radius 3 is 1.92 bits per heavy atom. The fourth-order valence-electron chi connectivity index (χ4n) is 3.22. The Kier molecular flexibility index (Phi) is 11.3. The topological polar surface area (TPSA) is 104 Å². The van der Waals surface area contributed by atoms with E-state index in [9.17, 15) is 18.8 Å². The third-order valence-electron chi connectivity index (χ3n) is 4.58. The van der Waals surface area contributed by atoms with Gasteiger partial charge in [-0.3, -0.25) is 14.2 Å². The minimum absolute atomic E-state index is 0.0750. The number of ether oxygens (including phenoxy) is 3. The average Bonchev–Trinajstić information content (AvgIpc) is 2.68. The summed E-state index contributed by atoms with van der Waals surface area (Å²) in [6.07, 6.45) is 1.94. The zero-order valence-electron chi connectivity index (χ0n) is 23.2. The van der Waals surface area contributed by atoms with Crippen LogP contribution >= 0.6 is 0 Å². The molecule has 204 valence electrons. The van der Waals surface area contributed by atoms with Crippen LogP contribution in [0.3, 0.4) is 0 Å². The van der Waals surface area contributed by atoms with Crippen LogP contribution in [-0.2, 0) is 36.6 Å². The Morgan fingerprint density at radius 1 is 0.889 bits per heavy atom. The Labute approximate surface area is 214 Å². The van der Waals surface area contributed by atoms with Gasteiger partial charge < -0.3 is 19.5 Å². The van der Waals surface area contributed by atoms with Crippen molar-refractivity contribution in [2.75, 3.05) is 6.67 Å². The summed E-state index contributed by atoms with van der Waals surface area (Å²) in [6.45, 7) is 15.1. The molecule has 0 saturated heterocycles. The summed E-state index contributed by atoms with van der Waals surface area (Å²) in [5.41, 5.74) is -0.831. The van der Waals surface area contributed by atoms with Gasteiger partial charge in [0.1, 0.15) is 22.8 Å². The monoisotopic (exact) mass is 510 g/mol. The first kappa shape index (κ1) is 31.3. The van der Waals surface area contributed by atoms with Crippen LogP contribution in [0.4, 0.5) is 9.18 Å². The number of hydrogen-bond acceptors (Lipinski definition) is 7. The number of pyridine rings is 1. The first-order valence-electron chi connectivity index (χ1n) is 12.3. The van der Waals surface area contributed by atoms with Gasteiger partial charge >= 0.3 is 18.0 Å². The summed E-state index contributed by atoms with van der Waals surface area (Å²) >= 11 is 0. The molecule has 1 N–H and O–H groups in total. The summed E-state index contributed by atoms with van der Waals surface area (Å²) in [7, 11) is 0. The van der Waals surface area contributed by atoms with Crippen molar-refractivity contribution in [3.63, 3.8) is 0 Å². The zero-order chi connectivity index (χ0) is 27.7. The van der Waals surface area contributed by atoms with Crippen LogP contribution in [0.1, 0.15) is 86.4 Å². The van der Waals surface area contributed by atoms with Gasteiger partial charge in [-0.25, -0.2) is 9.59 Å². The molecule has 36 heavy (non-hydrogen) atoms. The first-order valence-corrected chi connectivity index (χ1v) is 12.3. The lowest BCUT2D eigenvalue weighted by Gasteiger charge is -2.29. The van der Waals surface area contributed by atoms with Crippen LogP contribution in [0, 0.1) is 5.92 Å². The molecule has 0 unspecified atom stereocenters. The number of amides is 1. The quantitative estimate of drug-likeness (QED) is 0.345. The highest BCUT2D eigenvalue weighted by molar-refractivity contribution is 5.83. The van der Waals surface area contributed by atoms with Crippen molar-refractivity contribution in [2.45, 2.75) is 111 Å². The van der Waals surface area contributed by atoms with Crippen molar-refractivity contribution < 1.29 is 33.0 Å². The summed E-state index contributed by atoms with van der Waals surface area (Å²) in [4.78, 5) is 43.1. The number of rotatable bonds is 10. The van der Waals surface area contributed by atoms with Crippen LogP contribution in [0.5, 0.6) is 0 Å². The van der Waals surface area contributed by atoms with Crippen LogP contribution in [0.25, 0.3) is 0 Å². The minimum Gasteiger partial charge on any atom is -0.460 e. The van der Waals surface area contributed by atoms with Crippen molar-refractivity contribution in [2.24, 2.45) is 5.92 Å². The molecule has 9 heteroatoms. The van der Waals surface area contributed by atoms with E-state index >= 15 is 0 Å². The molecule has 0 radical (unpaired) electrons. The number of carbonyl (C=O) groups is 3. The van der Waals surface area contributed by atoms with Crippen molar-refractivity contribution in [1.29, 1.82) is 0 Å². The molecule has 0 bridgehead atoms. The molecule has 8 nitrogen and oxygen atoms in total. The van der Waals surface area contributed by atoms with Crippen molar-refractivity contribution >= 4 is 18.0 Å². The van der Waals surface area contributed by atoms with E-state index in [1.54, 1.807) is 74.6 Å². The fraction of sp³-hybridized carbons (Fsp3) is 0.704. The second-order valence-electron chi connectivity index (χ2n) is 11.9. The highest BCUT2D eigenvalue weighted by Crippen LogP contribution is 2.22. The predicted octanol–water partition coefficient (Wildman–Crippen LogP) is 5.11. The zero-order valence-corrected chi connectivity index (χ0v) is 23.2. The maximum atomic E-state index is 13.1. The maximum absolute atomic E-state index is 13.1. The summed E-state index contributed by atoms with van der Waals surface area (Å²) in [5.74, 6) is -2.01. The van der Waals surface area contributed by atoms with Gasteiger partial charge in [-0.15, -0.1) is 0 Å². The number of carbonyl (C=O) groups excluding carboxylic acids is 3. The maximum Gasteiger partial charge on any atom is 0.408 e. The minimum atomic E-state index is -1.15. The fourth-order valence-corrected chi connectivity index (χ4v) is 3.22. The molecule has 1 amide bonds. The van der Waals surface area contributed by atoms with E-state index in [0.717, 1.165) is 5.56 Å². The number of hydrogen-bond donors (Lipinski definition) is 1. The molecule has 1 rings (SSSR count). The van der Waals surface area contributed by atoms with Crippen LogP contribution < -0.4 is 5.32 Å². The number of esters is 2. The van der Waals surface area contributed by atoms with E-state index in [0.29, 0.717) is 18.5 Å². The number of halogens is 1. The molecular formula is C27H43FN2O6. The normalized spacial score (nSPS) is 13.9. The SMILES string of the molecule is CC(C)(C)OC(=O)N[C@@H](C[C@H](Cc1ccc(CCCF)cn1)C(=O)OC(C)(C)C)C(=O)OC(C)(C)C. The molecule has 0 aromatic carbocycles. The predicted molar refractivity (Wildman–Crippen MR) is 135 cm³/mol. The lowest BCUT2D eigenvalue weighted by molar-refractivity contribution is -0.162. The molecular weight excluding hydrogens is 467 g/mol. The molecule has 0 aliphatic heterocycles. The Hall–Kier alpha value is -2.71. The van der Waals surface area contributed by atoms with Gasteiger partial charge in [0.25, 0.3) is 0 Å². The number of aryl methyl sites for hydroxylation is 1. The van der Waals surface area contributed by atoms with Crippen molar-refractivity contribution in [1.82, 2.24) is 10.3 Å². The molecule has 1 heterocycles. The van der Waals surface area contributed by atoms with E-state index in [4.69, 9.17) is 14.2 Å². The lowest BCUT2D eigenvalue weighted by atomic mass is 9.93. The molecule has 1 aromatic rings. The van der Waals surface area contributed by atoms with Crippen LogP contribution in [0.15, 0.2) is 18.3 Å². The number of nitrogens with one attached hydrogen (secondary N) is 1. The van der Waals surface area contributed by atoms with E-state index in [1.807, 2.05) is 6.07 Å². The van der Waals surface area contributed by atoms with Gasteiger partial charge in [-0.05, 0) is 93.2 Å². The van der Waals surface area contributed by atoms with Crippen LogP contribution in [0.2, 0.25) is 0 Å². The highest BCUT2D eigenvalue weighted by atomic mass is 19.1. The third kappa shape index (κ3) is 13.4. The van der Waals surface area contributed by atoms with Crippen LogP contribution in [-0.4, -0.2) is 52.5 Å². The second kappa shape index (κ2) is 13.0. The first-order chi connectivity index (χ1) is 16.4. The molecule has 0 saturated carbocycles. The number of alkyl carbamates (subject to hydrolysis) is 1. The molecule has 0 aliphatic carbocycles. The third-order valence-corrected chi connectivity index (χ3v) is 4.58. The van der Waals surface area contributed by atoms with Gasteiger partial charge in [0, 0.05) is 18.3 Å². The van der Waals surface area contributed by atoms with Crippen molar-refractivity contribution in [3.05, 3.63) is 29.6 Å². The van der Waals surface area contributed by atoms with E-state index < -0.39 is 53.5 Å². The number of alkyl halides is 1. The van der Waals surface area contributed by atoms with Gasteiger partial charge in [0.15, 0.2) is 0 Å². The Balaban J connectivity index is 3.21. The standard InChI is InChI=1S/C27H43FN2O6/c1-25(2,3)34-22(31)19(15-20-13-12-18(17-29-20)11-10-14-28)16-21(23(32)35-26(4,5)6)30-24(33)36-27(7,8)9/h12-13,17,19,21H,10-11,14-16H2,1-9H3,(H,30,33)/t19-,21-/m0/s1. The van der Waals surface area contributed by atoms with E-state index in [1.165, 1.54) is 0 Å². The smallest absolute Gasteiger partial charge is 0.408 e. The molecule has 0 fully saturated rings. The largest absolute Gasteiger partial charge is 0.460 e. The van der Waals surface area contributed by atoms with Gasteiger partial charge in [0.05, 0.1) is 12.6 Å². The van der Waals surface area contributed by atoms with E-state index in [-0.39, 0.29) is 12.8 Å². The summed E-state index contributed by atoms with van der Waals surface area (Å²) in [5, 5.41) is 2.56.